The van der Waals surface area contributed by atoms with E-state index in [4.69, 9.17) is 4.43 Å². The van der Waals surface area contributed by atoms with Crippen LogP contribution in [0.3, 0.4) is 0 Å². The molecule has 1 nitrogen and oxygen atoms in total. The standard InChI is InChI=1S/C18H26F6OSi/c1-4-26(5-2,25-3)10-8-6-7-9-14-11-15(17(19,20)21)13-16(12-14)18(22,23)24/h11-13H,4-10H2,1-3H3. The highest BCUT2D eigenvalue weighted by Gasteiger charge is 2.36. The summed E-state index contributed by atoms with van der Waals surface area (Å²) in [6, 6.07) is 4.78. The predicted octanol–water partition coefficient (Wildman–Crippen LogP) is 7.07. The highest BCUT2D eigenvalue weighted by atomic mass is 28.4. The summed E-state index contributed by atoms with van der Waals surface area (Å²) in [5, 5.41) is 0. The molecule has 0 N–H and O–H groups in total. The minimum atomic E-state index is -4.79. The molecule has 150 valence electrons. The number of hydrogen-bond acceptors (Lipinski definition) is 1. The van der Waals surface area contributed by atoms with Crippen LogP contribution in [-0.4, -0.2) is 15.4 Å². The van der Waals surface area contributed by atoms with Crippen LogP contribution in [0.1, 0.15) is 49.8 Å². The summed E-state index contributed by atoms with van der Waals surface area (Å²) in [6.45, 7) is 4.20. The Morgan fingerprint density at radius 2 is 1.31 bits per heavy atom. The van der Waals surface area contributed by atoms with Gasteiger partial charge in [0.25, 0.3) is 0 Å². The molecule has 0 atom stereocenters. The molecule has 0 radical (unpaired) electrons. The largest absolute Gasteiger partial charge is 0.420 e. The number of halogens is 6. The molecular weight excluding hydrogens is 374 g/mol. The lowest BCUT2D eigenvalue weighted by Gasteiger charge is -2.27. The van der Waals surface area contributed by atoms with E-state index in [-0.39, 0.29) is 18.1 Å². The number of benzene rings is 1. The Morgan fingerprint density at radius 3 is 1.69 bits per heavy atom. The van der Waals surface area contributed by atoms with Gasteiger partial charge in [-0.25, -0.2) is 0 Å². The van der Waals surface area contributed by atoms with Crippen LogP contribution in [0.15, 0.2) is 18.2 Å². The molecule has 0 bridgehead atoms. The number of rotatable bonds is 9. The van der Waals surface area contributed by atoms with Gasteiger partial charge in [0.05, 0.1) is 11.1 Å². The van der Waals surface area contributed by atoms with E-state index in [1.165, 1.54) is 0 Å². The monoisotopic (exact) mass is 400 g/mol. The van der Waals surface area contributed by atoms with Crippen molar-refractivity contribution >= 4 is 8.32 Å². The Kier molecular flexibility index (Phi) is 8.20. The molecule has 0 aliphatic carbocycles. The third-order valence-electron chi connectivity index (χ3n) is 4.97. The van der Waals surface area contributed by atoms with E-state index in [0.717, 1.165) is 43.1 Å². The van der Waals surface area contributed by atoms with E-state index in [2.05, 4.69) is 13.8 Å². The zero-order chi connectivity index (χ0) is 20.0. The molecule has 26 heavy (non-hydrogen) atoms. The molecule has 0 heterocycles. The van der Waals surface area contributed by atoms with Crippen LogP contribution in [0.4, 0.5) is 26.3 Å². The van der Waals surface area contributed by atoms with Gasteiger partial charge in [-0.2, -0.15) is 26.3 Å². The maximum absolute atomic E-state index is 12.9. The molecule has 1 rings (SSSR count). The van der Waals surface area contributed by atoms with Crippen molar-refractivity contribution in [1.82, 2.24) is 0 Å². The molecule has 1 aromatic rings. The van der Waals surface area contributed by atoms with Gasteiger partial charge in [-0.15, -0.1) is 0 Å². The number of hydrogen-bond donors (Lipinski definition) is 0. The number of unbranched alkanes of at least 4 members (excludes halogenated alkanes) is 2. The van der Waals surface area contributed by atoms with Gasteiger partial charge < -0.3 is 4.43 Å². The van der Waals surface area contributed by atoms with Crippen molar-refractivity contribution in [1.29, 1.82) is 0 Å². The average Bonchev–Trinajstić information content (AvgIpc) is 2.57. The molecule has 0 aromatic heterocycles. The van der Waals surface area contributed by atoms with Gasteiger partial charge in [-0.1, -0.05) is 26.7 Å². The molecule has 0 saturated carbocycles. The highest BCUT2D eigenvalue weighted by Crippen LogP contribution is 2.36. The van der Waals surface area contributed by atoms with Crippen molar-refractivity contribution in [2.24, 2.45) is 0 Å². The van der Waals surface area contributed by atoms with E-state index in [1.54, 1.807) is 7.11 Å². The van der Waals surface area contributed by atoms with Crippen molar-refractivity contribution in [2.75, 3.05) is 7.11 Å². The van der Waals surface area contributed by atoms with E-state index in [1.807, 2.05) is 0 Å². The molecule has 8 heteroatoms. The smallest absolute Gasteiger partial charge is 0.416 e. The molecule has 0 amide bonds. The summed E-state index contributed by atoms with van der Waals surface area (Å²) in [5.41, 5.74) is -2.41. The second kappa shape index (κ2) is 9.26. The minimum Gasteiger partial charge on any atom is -0.420 e. The average molecular weight is 400 g/mol. The van der Waals surface area contributed by atoms with Gasteiger partial charge in [0, 0.05) is 7.11 Å². The summed E-state index contributed by atoms with van der Waals surface area (Å²) in [7, 11) is 0.0109. The van der Waals surface area contributed by atoms with Crippen LogP contribution < -0.4 is 0 Å². The molecule has 0 spiro atoms. The second-order valence-electron chi connectivity index (χ2n) is 6.57. The molecule has 0 aliphatic heterocycles. The van der Waals surface area contributed by atoms with Crippen molar-refractivity contribution in [3.63, 3.8) is 0 Å². The summed E-state index contributed by atoms with van der Waals surface area (Å²) in [6.07, 6.45) is -7.18. The second-order valence-corrected chi connectivity index (χ2v) is 11.3. The predicted molar refractivity (Wildman–Crippen MR) is 92.5 cm³/mol. The van der Waals surface area contributed by atoms with E-state index >= 15 is 0 Å². The zero-order valence-electron chi connectivity index (χ0n) is 15.4. The minimum absolute atomic E-state index is 0.0772. The first-order valence-electron chi connectivity index (χ1n) is 8.81. The Hall–Kier alpha value is -1.02. The summed E-state index contributed by atoms with van der Waals surface area (Å²) in [4.78, 5) is 0. The lowest BCUT2D eigenvalue weighted by Crippen LogP contribution is -2.34. The summed E-state index contributed by atoms with van der Waals surface area (Å²) >= 11 is 0. The first-order valence-corrected chi connectivity index (χ1v) is 11.3. The summed E-state index contributed by atoms with van der Waals surface area (Å²) < 4.78 is 82.8. The fraction of sp³-hybridized carbons (Fsp3) is 0.667. The van der Waals surface area contributed by atoms with Crippen LogP contribution in [0.25, 0.3) is 0 Å². The van der Waals surface area contributed by atoms with Gasteiger partial charge in [-0.3, -0.25) is 0 Å². The van der Waals surface area contributed by atoms with E-state index in [0.29, 0.717) is 6.42 Å². The lowest BCUT2D eigenvalue weighted by atomic mass is 10.0. The topological polar surface area (TPSA) is 9.23 Å². The van der Waals surface area contributed by atoms with Gasteiger partial charge in [0.2, 0.25) is 0 Å². The highest BCUT2D eigenvalue weighted by molar-refractivity contribution is 6.73. The molecule has 0 unspecified atom stereocenters. The Bertz CT molecular complexity index is 523. The van der Waals surface area contributed by atoms with Crippen molar-refractivity contribution in [3.8, 4) is 0 Å². The third kappa shape index (κ3) is 6.61. The van der Waals surface area contributed by atoms with Crippen molar-refractivity contribution in [3.05, 3.63) is 34.9 Å². The maximum atomic E-state index is 12.9. The fourth-order valence-electron chi connectivity index (χ4n) is 3.11. The number of aryl methyl sites for hydroxylation is 1. The van der Waals surface area contributed by atoms with Crippen LogP contribution >= 0.6 is 0 Å². The Labute approximate surface area is 151 Å². The third-order valence-corrected chi connectivity index (χ3v) is 9.68. The summed E-state index contributed by atoms with van der Waals surface area (Å²) in [5.74, 6) is 0. The maximum Gasteiger partial charge on any atom is 0.416 e. The Balaban J connectivity index is 2.73. The van der Waals surface area contributed by atoms with Crippen LogP contribution in [0.5, 0.6) is 0 Å². The van der Waals surface area contributed by atoms with Gasteiger partial charge in [0.1, 0.15) is 0 Å². The van der Waals surface area contributed by atoms with Crippen LogP contribution in [0, 0.1) is 0 Å². The first kappa shape index (κ1) is 23.0. The molecule has 0 fully saturated rings. The zero-order valence-corrected chi connectivity index (χ0v) is 16.4. The first-order chi connectivity index (χ1) is 12.0. The molecular formula is C18H26F6OSi. The quantitative estimate of drug-likeness (QED) is 0.245. The van der Waals surface area contributed by atoms with Crippen LogP contribution in [-0.2, 0) is 23.2 Å². The normalized spacial score (nSPS) is 13.3. The van der Waals surface area contributed by atoms with E-state index < -0.39 is 31.8 Å². The fourth-order valence-corrected chi connectivity index (χ4v) is 5.99. The van der Waals surface area contributed by atoms with Gasteiger partial charge in [-0.05, 0) is 54.7 Å². The van der Waals surface area contributed by atoms with Crippen molar-refractivity contribution < 1.29 is 30.8 Å². The van der Waals surface area contributed by atoms with E-state index in [9.17, 15) is 26.3 Å². The van der Waals surface area contributed by atoms with Gasteiger partial charge >= 0.3 is 12.4 Å². The molecule has 1 aromatic carbocycles. The number of alkyl halides is 6. The SMILES string of the molecule is CC[Si](CC)(CCCCCc1cc(C(F)(F)F)cc(C(F)(F)F)c1)OC. The van der Waals surface area contributed by atoms with Gasteiger partial charge in [0.15, 0.2) is 8.32 Å². The van der Waals surface area contributed by atoms with Crippen LogP contribution in [0.2, 0.25) is 18.1 Å². The van der Waals surface area contributed by atoms with Crippen molar-refractivity contribution in [2.45, 2.75) is 70.0 Å². The Morgan fingerprint density at radius 1 is 0.808 bits per heavy atom. The molecule has 0 aliphatic rings. The lowest BCUT2D eigenvalue weighted by molar-refractivity contribution is -0.143. The molecule has 0 saturated heterocycles.